The van der Waals surface area contributed by atoms with Crippen LogP contribution >= 0.6 is 15.9 Å². The molecule has 3 atom stereocenters. The first-order valence-corrected chi connectivity index (χ1v) is 7.23. The highest BCUT2D eigenvalue weighted by Crippen LogP contribution is 2.29. The van der Waals surface area contributed by atoms with Crippen LogP contribution in [0.2, 0.25) is 0 Å². The maximum absolute atomic E-state index is 13.9. The van der Waals surface area contributed by atoms with Crippen molar-refractivity contribution in [1.82, 2.24) is 4.90 Å². The van der Waals surface area contributed by atoms with Gasteiger partial charge >= 0.3 is 0 Å². The van der Waals surface area contributed by atoms with Crippen LogP contribution < -0.4 is 5.73 Å². The standard InChI is InChI=1S/C14H20BrFN2/c1-9-8-18(6-5-14(9)17)10(2)12-7-11(15)3-4-13(12)16/h3-4,7,9-10,14H,5-6,8,17H2,1-2H3. The summed E-state index contributed by atoms with van der Waals surface area (Å²) in [6.07, 6.45) is 0.987. The molecule has 18 heavy (non-hydrogen) atoms. The monoisotopic (exact) mass is 314 g/mol. The second-order valence-electron chi connectivity index (χ2n) is 5.27. The lowest BCUT2D eigenvalue weighted by atomic mass is 9.92. The van der Waals surface area contributed by atoms with E-state index in [9.17, 15) is 4.39 Å². The van der Waals surface area contributed by atoms with Crippen LogP contribution in [-0.2, 0) is 0 Å². The van der Waals surface area contributed by atoms with Crippen molar-refractivity contribution in [3.63, 3.8) is 0 Å². The van der Waals surface area contributed by atoms with Crippen molar-refractivity contribution < 1.29 is 4.39 Å². The van der Waals surface area contributed by atoms with Crippen LogP contribution in [0, 0.1) is 11.7 Å². The van der Waals surface area contributed by atoms with E-state index in [1.807, 2.05) is 6.07 Å². The highest BCUT2D eigenvalue weighted by Gasteiger charge is 2.27. The van der Waals surface area contributed by atoms with Gasteiger partial charge in [-0.3, -0.25) is 4.90 Å². The molecule has 1 saturated heterocycles. The van der Waals surface area contributed by atoms with Gasteiger partial charge in [-0.1, -0.05) is 22.9 Å². The second-order valence-corrected chi connectivity index (χ2v) is 6.18. The summed E-state index contributed by atoms with van der Waals surface area (Å²) >= 11 is 3.40. The van der Waals surface area contributed by atoms with E-state index in [-0.39, 0.29) is 17.9 Å². The molecule has 2 rings (SSSR count). The van der Waals surface area contributed by atoms with E-state index < -0.39 is 0 Å². The molecule has 1 aromatic rings. The fourth-order valence-electron chi connectivity index (χ4n) is 2.58. The molecule has 0 aliphatic carbocycles. The maximum Gasteiger partial charge on any atom is 0.128 e. The number of rotatable bonds is 2. The van der Waals surface area contributed by atoms with E-state index in [0.717, 1.165) is 29.5 Å². The van der Waals surface area contributed by atoms with E-state index in [4.69, 9.17) is 5.73 Å². The molecule has 1 heterocycles. The summed E-state index contributed by atoms with van der Waals surface area (Å²) < 4.78 is 14.8. The molecule has 0 saturated carbocycles. The topological polar surface area (TPSA) is 29.3 Å². The van der Waals surface area contributed by atoms with Crippen LogP contribution in [0.4, 0.5) is 4.39 Å². The SMILES string of the molecule is CC1CN(C(C)c2cc(Br)ccc2F)CCC1N. The number of piperidine rings is 1. The van der Waals surface area contributed by atoms with Crippen molar-refractivity contribution >= 4 is 15.9 Å². The number of benzene rings is 1. The first kappa shape index (κ1) is 14.0. The Morgan fingerprint density at radius 2 is 2.22 bits per heavy atom. The first-order valence-electron chi connectivity index (χ1n) is 6.43. The average molecular weight is 315 g/mol. The molecule has 100 valence electrons. The third-order valence-corrected chi connectivity index (χ3v) is 4.45. The van der Waals surface area contributed by atoms with Gasteiger partial charge < -0.3 is 5.73 Å². The Kier molecular flexibility index (Phi) is 4.41. The molecule has 2 nitrogen and oxygen atoms in total. The quantitative estimate of drug-likeness (QED) is 0.907. The highest BCUT2D eigenvalue weighted by molar-refractivity contribution is 9.10. The van der Waals surface area contributed by atoms with Gasteiger partial charge in [0.25, 0.3) is 0 Å². The summed E-state index contributed by atoms with van der Waals surface area (Å²) in [5.74, 6) is 0.338. The fourth-order valence-corrected chi connectivity index (χ4v) is 2.96. The average Bonchev–Trinajstić information content (AvgIpc) is 2.35. The van der Waals surface area contributed by atoms with E-state index in [2.05, 4.69) is 34.7 Å². The normalized spacial score (nSPS) is 27.2. The molecule has 2 N–H and O–H groups in total. The van der Waals surface area contributed by atoms with E-state index in [1.165, 1.54) is 6.07 Å². The van der Waals surface area contributed by atoms with Gasteiger partial charge in [0, 0.05) is 35.2 Å². The van der Waals surface area contributed by atoms with Gasteiger partial charge in [0.15, 0.2) is 0 Å². The minimum Gasteiger partial charge on any atom is -0.327 e. The molecule has 0 spiro atoms. The molecule has 0 aromatic heterocycles. The van der Waals surface area contributed by atoms with Crippen molar-refractivity contribution in [2.45, 2.75) is 32.4 Å². The van der Waals surface area contributed by atoms with Gasteiger partial charge in [-0.05, 0) is 37.5 Å². The summed E-state index contributed by atoms with van der Waals surface area (Å²) in [4.78, 5) is 2.32. The molecular formula is C14H20BrFN2. The first-order chi connectivity index (χ1) is 8.49. The van der Waals surface area contributed by atoms with Crippen LogP contribution in [0.1, 0.15) is 31.9 Å². The zero-order valence-electron chi connectivity index (χ0n) is 10.9. The predicted octanol–water partition coefficient (Wildman–Crippen LogP) is 3.32. The second kappa shape index (κ2) is 5.68. The molecule has 1 fully saturated rings. The van der Waals surface area contributed by atoms with E-state index in [0.29, 0.717) is 5.92 Å². The summed E-state index contributed by atoms with van der Waals surface area (Å²) in [6, 6.07) is 5.51. The van der Waals surface area contributed by atoms with Crippen molar-refractivity contribution in [3.8, 4) is 0 Å². The van der Waals surface area contributed by atoms with Gasteiger partial charge in [-0.25, -0.2) is 4.39 Å². The van der Waals surface area contributed by atoms with Crippen LogP contribution in [-0.4, -0.2) is 24.0 Å². The zero-order chi connectivity index (χ0) is 13.3. The molecule has 1 aromatic carbocycles. The Morgan fingerprint density at radius 1 is 1.50 bits per heavy atom. The fraction of sp³-hybridized carbons (Fsp3) is 0.571. The summed E-state index contributed by atoms with van der Waals surface area (Å²) in [5, 5.41) is 0. The highest BCUT2D eigenvalue weighted by atomic mass is 79.9. The smallest absolute Gasteiger partial charge is 0.128 e. The molecule has 0 bridgehead atoms. The minimum absolute atomic E-state index is 0.0949. The molecule has 1 aliphatic rings. The van der Waals surface area contributed by atoms with Gasteiger partial charge in [0.05, 0.1) is 0 Å². The number of nitrogens with two attached hydrogens (primary N) is 1. The Balaban J connectivity index is 2.16. The molecule has 0 amide bonds. The Morgan fingerprint density at radius 3 is 2.89 bits per heavy atom. The molecule has 3 unspecified atom stereocenters. The Bertz CT molecular complexity index is 424. The minimum atomic E-state index is -0.131. The number of nitrogens with zero attached hydrogens (tertiary/aromatic N) is 1. The zero-order valence-corrected chi connectivity index (χ0v) is 12.5. The summed E-state index contributed by atoms with van der Waals surface area (Å²) in [5.41, 5.74) is 6.78. The lowest BCUT2D eigenvalue weighted by Gasteiger charge is -2.39. The van der Waals surface area contributed by atoms with Gasteiger partial charge in [0.1, 0.15) is 5.82 Å². The largest absolute Gasteiger partial charge is 0.327 e. The van der Waals surface area contributed by atoms with Crippen molar-refractivity contribution in [2.75, 3.05) is 13.1 Å². The van der Waals surface area contributed by atoms with Crippen molar-refractivity contribution in [2.24, 2.45) is 11.7 Å². The van der Waals surface area contributed by atoms with Gasteiger partial charge in [0.2, 0.25) is 0 Å². The number of hydrogen-bond donors (Lipinski definition) is 1. The summed E-state index contributed by atoms with van der Waals surface area (Å²) in [6.45, 7) is 6.11. The van der Waals surface area contributed by atoms with Crippen LogP contribution in [0.25, 0.3) is 0 Å². The van der Waals surface area contributed by atoms with Crippen molar-refractivity contribution in [1.29, 1.82) is 0 Å². The van der Waals surface area contributed by atoms with Crippen LogP contribution in [0.15, 0.2) is 22.7 Å². The molecule has 0 radical (unpaired) electrons. The van der Waals surface area contributed by atoms with Crippen molar-refractivity contribution in [3.05, 3.63) is 34.1 Å². The third-order valence-electron chi connectivity index (χ3n) is 3.96. The number of hydrogen-bond acceptors (Lipinski definition) is 2. The summed E-state index contributed by atoms with van der Waals surface area (Å²) in [7, 11) is 0. The lowest BCUT2D eigenvalue weighted by Crippen LogP contribution is -2.46. The molecule has 1 aliphatic heterocycles. The van der Waals surface area contributed by atoms with E-state index >= 15 is 0 Å². The van der Waals surface area contributed by atoms with Gasteiger partial charge in [-0.2, -0.15) is 0 Å². The van der Waals surface area contributed by atoms with Gasteiger partial charge in [-0.15, -0.1) is 0 Å². The lowest BCUT2D eigenvalue weighted by molar-refractivity contribution is 0.122. The Hall–Kier alpha value is -0.450. The van der Waals surface area contributed by atoms with Crippen LogP contribution in [0.3, 0.4) is 0 Å². The van der Waals surface area contributed by atoms with E-state index in [1.54, 1.807) is 6.07 Å². The predicted molar refractivity (Wildman–Crippen MR) is 75.8 cm³/mol. The van der Waals surface area contributed by atoms with Crippen LogP contribution in [0.5, 0.6) is 0 Å². The maximum atomic E-state index is 13.9. The molecule has 4 heteroatoms. The number of halogens is 2. The Labute approximate surface area is 116 Å². The third kappa shape index (κ3) is 2.92. The molecular weight excluding hydrogens is 295 g/mol. The number of likely N-dealkylation sites (tertiary alicyclic amines) is 1.